The lowest BCUT2D eigenvalue weighted by molar-refractivity contribution is -0.123. The first-order valence-corrected chi connectivity index (χ1v) is 25.4. The molecular formula is C51H101NO3. The predicted molar refractivity (Wildman–Crippen MR) is 244 cm³/mol. The van der Waals surface area contributed by atoms with Crippen molar-refractivity contribution in [3.05, 3.63) is 12.2 Å². The van der Waals surface area contributed by atoms with Gasteiger partial charge in [0.05, 0.1) is 18.8 Å². The van der Waals surface area contributed by atoms with Crippen molar-refractivity contribution in [2.75, 3.05) is 6.61 Å². The van der Waals surface area contributed by atoms with Crippen LogP contribution in [0.3, 0.4) is 0 Å². The Bertz CT molecular complexity index is 754. The Morgan fingerprint density at radius 3 is 1.00 bits per heavy atom. The number of amides is 1. The molecule has 2 atom stereocenters. The topological polar surface area (TPSA) is 69.6 Å². The number of carbonyl (C=O) groups is 1. The average Bonchev–Trinajstić information content (AvgIpc) is 3.19. The number of aliphatic hydroxyl groups is 2. The normalized spacial score (nSPS) is 12.9. The molecule has 0 saturated carbocycles. The summed E-state index contributed by atoms with van der Waals surface area (Å²) in [5, 5.41) is 23.3. The maximum atomic E-state index is 12.4. The van der Waals surface area contributed by atoms with Crippen molar-refractivity contribution < 1.29 is 15.0 Å². The molecule has 0 aliphatic carbocycles. The summed E-state index contributed by atoms with van der Waals surface area (Å²) in [7, 11) is 0. The summed E-state index contributed by atoms with van der Waals surface area (Å²) in [4.78, 5) is 12.4. The second-order valence-corrected chi connectivity index (χ2v) is 17.6. The summed E-state index contributed by atoms with van der Waals surface area (Å²) in [6, 6.07) is -0.534. The summed E-state index contributed by atoms with van der Waals surface area (Å²) in [6.45, 7) is 4.38. The molecule has 0 aromatic heterocycles. The summed E-state index contributed by atoms with van der Waals surface area (Å²) in [6.07, 6.45) is 60.3. The molecule has 3 N–H and O–H groups in total. The predicted octanol–water partition coefficient (Wildman–Crippen LogP) is 16.2. The Balaban J connectivity index is 3.45. The second kappa shape index (κ2) is 47.5. The highest BCUT2D eigenvalue weighted by Crippen LogP contribution is 2.17. The molecule has 0 aliphatic heterocycles. The number of hydrogen-bond donors (Lipinski definition) is 3. The van der Waals surface area contributed by atoms with Gasteiger partial charge < -0.3 is 15.5 Å². The van der Waals surface area contributed by atoms with E-state index in [9.17, 15) is 15.0 Å². The molecule has 0 saturated heterocycles. The average molecular weight is 776 g/mol. The largest absolute Gasteiger partial charge is 0.394 e. The van der Waals surface area contributed by atoms with Crippen LogP contribution in [0.4, 0.5) is 0 Å². The van der Waals surface area contributed by atoms with Crippen LogP contribution in [0.5, 0.6) is 0 Å². The van der Waals surface area contributed by atoms with Crippen LogP contribution in [0.15, 0.2) is 12.2 Å². The molecule has 0 aliphatic rings. The Kier molecular flexibility index (Phi) is 46.8. The van der Waals surface area contributed by atoms with Crippen LogP contribution in [0.2, 0.25) is 0 Å². The summed E-state index contributed by atoms with van der Waals surface area (Å²) in [5.41, 5.74) is 0. The van der Waals surface area contributed by atoms with Gasteiger partial charge in [0.2, 0.25) is 5.91 Å². The number of rotatable bonds is 47. The first-order chi connectivity index (χ1) is 27.2. The Labute approximate surface area is 346 Å². The molecule has 4 heteroatoms. The zero-order valence-electron chi connectivity index (χ0n) is 37.7. The SMILES string of the molecule is CCCCCCCC/C=C\CCCCCCCCCCCC(=O)NC(CO)C(O)CCCCCCCCCCCCCCCCCCCCCCCCCC. The molecule has 4 nitrogen and oxygen atoms in total. The van der Waals surface area contributed by atoms with Crippen LogP contribution in [-0.2, 0) is 4.79 Å². The van der Waals surface area contributed by atoms with E-state index in [0.29, 0.717) is 12.8 Å². The van der Waals surface area contributed by atoms with E-state index in [2.05, 4.69) is 31.3 Å². The Morgan fingerprint density at radius 2 is 0.691 bits per heavy atom. The van der Waals surface area contributed by atoms with Crippen LogP contribution < -0.4 is 5.32 Å². The molecule has 0 rings (SSSR count). The quantitative estimate of drug-likeness (QED) is 0.0426. The molecule has 1 amide bonds. The van der Waals surface area contributed by atoms with E-state index in [1.807, 2.05) is 0 Å². The number of allylic oxidation sites excluding steroid dienone is 2. The van der Waals surface area contributed by atoms with Crippen molar-refractivity contribution in [3.8, 4) is 0 Å². The molecule has 0 heterocycles. The molecule has 55 heavy (non-hydrogen) atoms. The molecule has 0 fully saturated rings. The van der Waals surface area contributed by atoms with Gasteiger partial charge in [0, 0.05) is 6.42 Å². The van der Waals surface area contributed by atoms with Crippen LogP contribution >= 0.6 is 0 Å². The third kappa shape index (κ3) is 44.1. The molecule has 0 bridgehead atoms. The Hall–Kier alpha value is -0.870. The van der Waals surface area contributed by atoms with Gasteiger partial charge in [-0.25, -0.2) is 0 Å². The van der Waals surface area contributed by atoms with Gasteiger partial charge in [0.25, 0.3) is 0 Å². The molecule has 0 spiro atoms. The highest BCUT2D eigenvalue weighted by atomic mass is 16.3. The van der Waals surface area contributed by atoms with E-state index < -0.39 is 12.1 Å². The van der Waals surface area contributed by atoms with E-state index in [1.165, 1.54) is 238 Å². The van der Waals surface area contributed by atoms with Crippen molar-refractivity contribution in [1.29, 1.82) is 0 Å². The number of unbranched alkanes of at least 4 members (excludes halogenated alkanes) is 38. The highest BCUT2D eigenvalue weighted by molar-refractivity contribution is 5.76. The fraction of sp³-hybridized carbons (Fsp3) is 0.941. The van der Waals surface area contributed by atoms with Crippen LogP contribution in [0.1, 0.15) is 290 Å². The van der Waals surface area contributed by atoms with Crippen LogP contribution in [0.25, 0.3) is 0 Å². The summed E-state index contributed by atoms with van der Waals surface area (Å²) >= 11 is 0. The number of nitrogens with one attached hydrogen (secondary N) is 1. The molecule has 0 aromatic rings. The smallest absolute Gasteiger partial charge is 0.220 e. The number of carbonyl (C=O) groups excluding carboxylic acids is 1. The number of aliphatic hydroxyl groups excluding tert-OH is 2. The minimum atomic E-state index is -0.658. The van der Waals surface area contributed by atoms with Crippen molar-refractivity contribution in [1.82, 2.24) is 5.32 Å². The van der Waals surface area contributed by atoms with Gasteiger partial charge in [0.15, 0.2) is 0 Å². The van der Waals surface area contributed by atoms with Crippen molar-refractivity contribution in [3.63, 3.8) is 0 Å². The lowest BCUT2D eigenvalue weighted by atomic mass is 10.0. The van der Waals surface area contributed by atoms with Gasteiger partial charge in [-0.2, -0.15) is 0 Å². The first-order valence-electron chi connectivity index (χ1n) is 25.4. The fourth-order valence-corrected chi connectivity index (χ4v) is 8.12. The molecule has 2 unspecified atom stereocenters. The molecule has 0 radical (unpaired) electrons. The zero-order chi connectivity index (χ0) is 40.0. The van der Waals surface area contributed by atoms with Crippen molar-refractivity contribution in [2.24, 2.45) is 0 Å². The lowest BCUT2D eigenvalue weighted by Gasteiger charge is -2.22. The van der Waals surface area contributed by atoms with Crippen LogP contribution in [0, 0.1) is 0 Å². The third-order valence-electron chi connectivity index (χ3n) is 12.0. The van der Waals surface area contributed by atoms with Gasteiger partial charge in [-0.05, 0) is 38.5 Å². The molecule has 328 valence electrons. The van der Waals surface area contributed by atoms with E-state index >= 15 is 0 Å². The number of hydrogen-bond acceptors (Lipinski definition) is 3. The summed E-state index contributed by atoms with van der Waals surface area (Å²) < 4.78 is 0. The zero-order valence-corrected chi connectivity index (χ0v) is 37.7. The third-order valence-corrected chi connectivity index (χ3v) is 12.0. The van der Waals surface area contributed by atoms with Crippen molar-refractivity contribution >= 4 is 5.91 Å². The van der Waals surface area contributed by atoms with E-state index in [-0.39, 0.29) is 12.5 Å². The first kappa shape index (κ1) is 54.1. The van der Waals surface area contributed by atoms with E-state index in [1.54, 1.807) is 0 Å². The summed E-state index contributed by atoms with van der Waals surface area (Å²) in [5.74, 6) is -0.0290. The Morgan fingerprint density at radius 1 is 0.418 bits per heavy atom. The molecular weight excluding hydrogens is 675 g/mol. The second-order valence-electron chi connectivity index (χ2n) is 17.6. The highest BCUT2D eigenvalue weighted by Gasteiger charge is 2.20. The van der Waals surface area contributed by atoms with Gasteiger partial charge in [-0.15, -0.1) is 0 Å². The standard InChI is InChI=1S/C51H101NO3/c1-3-5-7-9-11-13-15-17-19-21-23-24-25-26-27-29-30-32-34-36-38-40-42-44-46-50(54)49(48-53)52-51(55)47-45-43-41-39-37-35-33-31-28-22-20-18-16-14-12-10-8-6-4-2/h18,20,49-50,53-54H,3-17,19,21-48H2,1-2H3,(H,52,55)/b20-18-. The lowest BCUT2D eigenvalue weighted by Crippen LogP contribution is -2.45. The van der Waals surface area contributed by atoms with Gasteiger partial charge >= 0.3 is 0 Å². The maximum Gasteiger partial charge on any atom is 0.220 e. The fourth-order valence-electron chi connectivity index (χ4n) is 8.12. The minimum absolute atomic E-state index is 0.0290. The van der Waals surface area contributed by atoms with Crippen LogP contribution in [-0.4, -0.2) is 34.9 Å². The van der Waals surface area contributed by atoms with E-state index in [0.717, 1.165) is 25.7 Å². The maximum absolute atomic E-state index is 12.4. The van der Waals surface area contributed by atoms with Crippen molar-refractivity contribution in [2.45, 2.75) is 302 Å². The molecule has 0 aromatic carbocycles. The van der Waals surface area contributed by atoms with Gasteiger partial charge in [0.1, 0.15) is 0 Å². The minimum Gasteiger partial charge on any atom is -0.394 e. The monoisotopic (exact) mass is 776 g/mol. The van der Waals surface area contributed by atoms with Gasteiger partial charge in [-0.1, -0.05) is 257 Å². The van der Waals surface area contributed by atoms with Gasteiger partial charge in [-0.3, -0.25) is 4.79 Å². The van der Waals surface area contributed by atoms with E-state index in [4.69, 9.17) is 0 Å².